The van der Waals surface area contributed by atoms with Gasteiger partial charge in [-0.3, -0.25) is 4.79 Å². The Labute approximate surface area is 330 Å². The fraction of sp³-hybridized carbons (Fsp3) is 0.974. The molecule has 4 saturated carbocycles. The van der Waals surface area contributed by atoms with E-state index in [0.29, 0.717) is 38.5 Å². The van der Waals surface area contributed by atoms with Crippen LogP contribution in [0, 0.1) is 28.1 Å². The molecule has 0 radical (unpaired) electrons. The zero-order chi connectivity index (χ0) is 41.6. The second-order valence-corrected chi connectivity index (χ2v) is 18.7. The van der Waals surface area contributed by atoms with E-state index in [0.717, 1.165) is 12.8 Å². The first-order valence-corrected chi connectivity index (χ1v) is 20.2. The van der Waals surface area contributed by atoms with E-state index in [1.165, 1.54) is 0 Å². The van der Waals surface area contributed by atoms with E-state index in [-0.39, 0.29) is 23.7 Å². The molecule has 3 heterocycles. The van der Waals surface area contributed by atoms with Crippen LogP contribution in [0.1, 0.15) is 78.6 Å². The fourth-order valence-electron chi connectivity index (χ4n) is 12.6. The summed E-state index contributed by atoms with van der Waals surface area (Å²) in [4.78, 5) is 12.7. The Morgan fingerprint density at radius 1 is 0.614 bits per heavy atom. The van der Waals surface area contributed by atoms with Crippen molar-refractivity contribution in [3.63, 3.8) is 0 Å². The average Bonchev–Trinajstić information content (AvgIpc) is 3.32. The van der Waals surface area contributed by atoms with Gasteiger partial charge in [0.2, 0.25) is 0 Å². The third-order valence-electron chi connectivity index (χ3n) is 15.5. The molecule has 0 aromatic heterocycles. The van der Waals surface area contributed by atoms with Crippen molar-refractivity contribution in [3.05, 3.63) is 0 Å². The molecule has 7 aliphatic rings. The molecular formula is C38H62O19. The molecule has 3 saturated heterocycles. The second kappa shape index (κ2) is 15.6. The van der Waals surface area contributed by atoms with Gasteiger partial charge in [0.05, 0.1) is 30.8 Å². The molecule has 7 rings (SSSR count). The number of carboxylic acids is 1. The third kappa shape index (κ3) is 6.90. The van der Waals surface area contributed by atoms with Crippen molar-refractivity contribution in [3.8, 4) is 0 Å². The first-order valence-electron chi connectivity index (χ1n) is 20.2. The van der Waals surface area contributed by atoms with E-state index in [9.17, 15) is 66.1 Å². The lowest BCUT2D eigenvalue weighted by molar-refractivity contribution is -0.406. The largest absolute Gasteiger partial charge is 0.481 e. The van der Waals surface area contributed by atoms with Gasteiger partial charge in [-0.05, 0) is 87.9 Å². The summed E-state index contributed by atoms with van der Waals surface area (Å²) in [6.45, 7) is 3.30. The summed E-state index contributed by atoms with van der Waals surface area (Å²) < 4.78 is 36.5. The van der Waals surface area contributed by atoms with Gasteiger partial charge in [0.1, 0.15) is 78.8 Å². The number of carboxylic acid groups (broad SMARTS) is 1. The Kier molecular flexibility index (Phi) is 12.0. The second-order valence-electron chi connectivity index (χ2n) is 18.7. The van der Waals surface area contributed by atoms with Crippen LogP contribution in [-0.4, -0.2) is 190 Å². The van der Waals surface area contributed by atoms with Crippen molar-refractivity contribution in [2.45, 2.75) is 182 Å². The Bertz CT molecular complexity index is 1450. The normalized spacial score (nSPS) is 56.5. The smallest absolute Gasteiger partial charge is 0.309 e. The first-order chi connectivity index (χ1) is 26.7. The lowest BCUT2D eigenvalue weighted by atomic mass is 9.41. The van der Waals surface area contributed by atoms with Gasteiger partial charge in [0.25, 0.3) is 0 Å². The van der Waals surface area contributed by atoms with Gasteiger partial charge in [-0.15, -0.1) is 0 Å². The van der Waals surface area contributed by atoms with E-state index in [1.54, 1.807) is 6.92 Å². The van der Waals surface area contributed by atoms with Crippen molar-refractivity contribution in [1.82, 2.24) is 0 Å². The highest BCUT2D eigenvalue weighted by Gasteiger charge is 2.73. The highest BCUT2D eigenvalue weighted by molar-refractivity contribution is 5.75. The lowest BCUT2D eigenvalue weighted by Crippen LogP contribution is -2.68. The molecule has 22 unspecified atom stereocenters. The van der Waals surface area contributed by atoms with Gasteiger partial charge >= 0.3 is 5.97 Å². The molecule has 4 aliphatic carbocycles. The van der Waals surface area contributed by atoms with Gasteiger partial charge < -0.3 is 89.7 Å². The van der Waals surface area contributed by atoms with E-state index < -0.39 is 140 Å². The fourth-order valence-corrected chi connectivity index (χ4v) is 12.6. The summed E-state index contributed by atoms with van der Waals surface area (Å²) in [6.07, 6.45) is -21.1. The Morgan fingerprint density at radius 3 is 1.67 bits per heavy atom. The van der Waals surface area contributed by atoms with Gasteiger partial charge in [0.15, 0.2) is 18.9 Å². The number of ether oxygens (including phenoxy) is 6. The summed E-state index contributed by atoms with van der Waals surface area (Å²) in [5, 5.41) is 129. The summed E-state index contributed by atoms with van der Waals surface area (Å²) >= 11 is 0. The number of fused-ring (bicyclic) bond motifs is 3. The Hall–Kier alpha value is -1.21. The lowest BCUT2D eigenvalue weighted by Gasteiger charge is -2.64. The molecule has 19 nitrogen and oxygen atoms in total. The summed E-state index contributed by atoms with van der Waals surface area (Å²) in [5.74, 6) is -0.825. The van der Waals surface area contributed by atoms with Crippen LogP contribution in [0.25, 0.3) is 0 Å². The van der Waals surface area contributed by atoms with Crippen LogP contribution in [0.2, 0.25) is 0 Å². The number of aliphatic hydroxyl groups excluding tert-OH is 10. The minimum atomic E-state index is -1.95. The average molecular weight is 823 g/mol. The van der Waals surface area contributed by atoms with Crippen LogP contribution < -0.4 is 0 Å². The van der Waals surface area contributed by atoms with Crippen LogP contribution in [0.5, 0.6) is 0 Å². The molecule has 22 atom stereocenters. The van der Waals surface area contributed by atoms with Crippen LogP contribution in [0.3, 0.4) is 0 Å². The summed E-state index contributed by atoms with van der Waals surface area (Å²) in [6, 6.07) is 0. The molecule has 328 valence electrons. The monoisotopic (exact) mass is 822 g/mol. The maximum Gasteiger partial charge on any atom is 0.309 e. The molecule has 3 aliphatic heterocycles. The Balaban J connectivity index is 1.23. The number of carbonyl (C=O) groups is 1. The SMILES string of the molecule is CC1(C(=O)O)CCCC2(C)C3CCC4(OC5OC(CO)C(O)C(OC6OC(CO)C(O)C(O)C6O)C5OC5OC(CO)C(O)C(O)C5O)CC3(CCC12)CC4(C)O. The van der Waals surface area contributed by atoms with Gasteiger partial charge in [-0.2, -0.15) is 0 Å². The molecule has 57 heavy (non-hydrogen) atoms. The van der Waals surface area contributed by atoms with Crippen molar-refractivity contribution in [2.75, 3.05) is 19.8 Å². The van der Waals surface area contributed by atoms with Gasteiger partial charge in [-0.1, -0.05) is 13.3 Å². The number of rotatable bonds is 10. The molecule has 1 spiro atoms. The van der Waals surface area contributed by atoms with Crippen LogP contribution in [0.4, 0.5) is 0 Å². The maximum atomic E-state index is 12.7. The van der Waals surface area contributed by atoms with E-state index in [1.807, 2.05) is 6.92 Å². The first kappa shape index (κ1) is 43.9. The number of aliphatic hydroxyl groups is 11. The number of hydrogen-bond acceptors (Lipinski definition) is 18. The molecule has 12 N–H and O–H groups in total. The number of hydrogen-bond donors (Lipinski definition) is 12. The van der Waals surface area contributed by atoms with Gasteiger partial charge in [0, 0.05) is 0 Å². The number of aliphatic carboxylic acids is 1. The van der Waals surface area contributed by atoms with E-state index in [2.05, 4.69) is 6.92 Å². The summed E-state index contributed by atoms with van der Waals surface area (Å²) in [5.41, 5.74) is -4.54. The summed E-state index contributed by atoms with van der Waals surface area (Å²) in [7, 11) is 0. The highest BCUT2D eigenvalue weighted by Crippen LogP contribution is 2.74. The zero-order valence-electron chi connectivity index (χ0n) is 32.5. The van der Waals surface area contributed by atoms with E-state index in [4.69, 9.17) is 28.4 Å². The van der Waals surface area contributed by atoms with Crippen LogP contribution in [-0.2, 0) is 33.2 Å². The standard InChI is InChI=1S/C38H62O19/c1-34-7-4-8-35(2,33(49)50)19(34)5-9-37-14-36(3,51)38(15-37,10-6-20(34)37)57-32-29(56-31-27(48)25(46)22(43)17(12-40)53-31)28(23(44)18(13-41)54-32)55-30-26(47)24(45)21(42)16(11-39)52-30/h16-32,39-48,51H,4-15H2,1-3H3,(H,49,50). The quantitative estimate of drug-likeness (QED) is 0.0967. The Morgan fingerprint density at radius 2 is 1.12 bits per heavy atom. The molecule has 19 heteroatoms. The van der Waals surface area contributed by atoms with Crippen molar-refractivity contribution < 1.29 is 94.5 Å². The van der Waals surface area contributed by atoms with Crippen molar-refractivity contribution in [1.29, 1.82) is 0 Å². The molecule has 0 aromatic rings. The predicted molar refractivity (Wildman–Crippen MR) is 188 cm³/mol. The molecular weight excluding hydrogens is 760 g/mol. The van der Waals surface area contributed by atoms with Crippen molar-refractivity contribution >= 4 is 5.97 Å². The molecule has 0 amide bonds. The van der Waals surface area contributed by atoms with Crippen LogP contribution >= 0.6 is 0 Å². The van der Waals surface area contributed by atoms with E-state index >= 15 is 0 Å². The maximum absolute atomic E-state index is 12.7. The molecule has 7 fully saturated rings. The minimum Gasteiger partial charge on any atom is -0.481 e. The molecule has 2 bridgehead atoms. The highest BCUT2D eigenvalue weighted by atomic mass is 16.8. The zero-order valence-corrected chi connectivity index (χ0v) is 32.5. The topological polar surface area (TPSA) is 315 Å². The third-order valence-corrected chi connectivity index (χ3v) is 15.5. The predicted octanol–water partition coefficient (Wildman–Crippen LogP) is -3.18. The molecule has 0 aromatic carbocycles. The van der Waals surface area contributed by atoms with Crippen molar-refractivity contribution in [2.24, 2.45) is 28.1 Å². The van der Waals surface area contributed by atoms with Gasteiger partial charge in [-0.25, -0.2) is 0 Å². The van der Waals surface area contributed by atoms with Crippen LogP contribution in [0.15, 0.2) is 0 Å². The minimum absolute atomic E-state index is 0.0520.